The molecule has 4 nitrogen and oxygen atoms in total. The first kappa shape index (κ1) is 20.0. The lowest BCUT2D eigenvalue weighted by atomic mass is 10.2. The van der Waals surface area contributed by atoms with Crippen LogP contribution < -0.4 is 5.32 Å². The highest BCUT2D eigenvalue weighted by Crippen LogP contribution is 2.04. The number of nitrogens with one attached hydrogen (secondary N) is 1. The molecule has 0 bridgehead atoms. The fourth-order valence-electron chi connectivity index (χ4n) is 1.64. The maximum absolute atomic E-state index is 4.42. The lowest BCUT2D eigenvalue weighted by Crippen LogP contribution is -2.21. The standard InChI is InChI=1S/C12H24N4.2ClH/c1-5-16-10-12(11(2)14-16)9-13-7-6-8-15(3)4;;/h10,13H,5-9H2,1-4H3;2*1H. The van der Waals surface area contributed by atoms with Crippen LogP contribution in [0.3, 0.4) is 0 Å². The summed E-state index contributed by atoms with van der Waals surface area (Å²) < 4.78 is 1.99. The van der Waals surface area contributed by atoms with Crippen molar-refractivity contribution in [3.63, 3.8) is 0 Å². The van der Waals surface area contributed by atoms with E-state index in [-0.39, 0.29) is 24.8 Å². The summed E-state index contributed by atoms with van der Waals surface area (Å²) in [6, 6.07) is 0. The number of nitrogens with zero attached hydrogens (tertiary/aromatic N) is 3. The summed E-state index contributed by atoms with van der Waals surface area (Å²) in [5.41, 5.74) is 2.45. The van der Waals surface area contributed by atoms with Gasteiger partial charge >= 0.3 is 0 Å². The van der Waals surface area contributed by atoms with E-state index in [2.05, 4.69) is 49.5 Å². The van der Waals surface area contributed by atoms with Gasteiger partial charge in [-0.05, 0) is 47.5 Å². The molecule has 0 radical (unpaired) electrons. The summed E-state index contributed by atoms with van der Waals surface area (Å²) in [4.78, 5) is 2.21. The van der Waals surface area contributed by atoms with Crippen LogP contribution in [-0.4, -0.2) is 41.9 Å². The minimum Gasteiger partial charge on any atom is -0.312 e. The van der Waals surface area contributed by atoms with Crippen molar-refractivity contribution in [1.82, 2.24) is 20.0 Å². The highest BCUT2D eigenvalue weighted by Gasteiger charge is 2.02. The second-order valence-corrected chi connectivity index (χ2v) is 4.43. The zero-order chi connectivity index (χ0) is 12.0. The van der Waals surface area contributed by atoms with Gasteiger partial charge in [0.2, 0.25) is 0 Å². The van der Waals surface area contributed by atoms with Gasteiger partial charge in [-0.3, -0.25) is 4.68 Å². The minimum absolute atomic E-state index is 0. The van der Waals surface area contributed by atoms with Crippen molar-refractivity contribution in [2.24, 2.45) is 0 Å². The average molecular weight is 297 g/mol. The molecule has 18 heavy (non-hydrogen) atoms. The number of hydrogen-bond donors (Lipinski definition) is 1. The molecule has 0 fully saturated rings. The molecular formula is C12H26Cl2N4. The first-order valence-corrected chi connectivity index (χ1v) is 6.02. The van der Waals surface area contributed by atoms with Gasteiger partial charge in [0, 0.05) is 24.8 Å². The smallest absolute Gasteiger partial charge is 0.0638 e. The lowest BCUT2D eigenvalue weighted by Gasteiger charge is -2.09. The average Bonchev–Trinajstić information content (AvgIpc) is 2.59. The molecule has 0 saturated carbocycles. The Kier molecular flexibility index (Phi) is 11.8. The molecular weight excluding hydrogens is 271 g/mol. The van der Waals surface area contributed by atoms with Crippen molar-refractivity contribution in [1.29, 1.82) is 0 Å². The Labute approximate surface area is 123 Å². The molecule has 0 unspecified atom stereocenters. The summed E-state index contributed by atoms with van der Waals surface area (Å²) in [6.45, 7) is 8.26. The molecule has 108 valence electrons. The summed E-state index contributed by atoms with van der Waals surface area (Å²) >= 11 is 0. The van der Waals surface area contributed by atoms with Gasteiger partial charge in [-0.15, -0.1) is 24.8 Å². The van der Waals surface area contributed by atoms with Crippen LogP contribution in [0, 0.1) is 6.92 Å². The van der Waals surface area contributed by atoms with Gasteiger partial charge in [-0.1, -0.05) is 0 Å². The molecule has 0 amide bonds. The van der Waals surface area contributed by atoms with Gasteiger partial charge in [-0.25, -0.2) is 0 Å². The maximum atomic E-state index is 4.42. The van der Waals surface area contributed by atoms with Crippen LogP contribution in [0.1, 0.15) is 24.6 Å². The van der Waals surface area contributed by atoms with E-state index in [0.29, 0.717) is 0 Å². The molecule has 0 atom stereocenters. The molecule has 1 N–H and O–H groups in total. The number of halogens is 2. The third-order valence-electron chi connectivity index (χ3n) is 2.65. The van der Waals surface area contributed by atoms with E-state index in [1.165, 1.54) is 12.0 Å². The molecule has 1 aromatic heterocycles. The Balaban J connectivity index is 0. The van der Waals surface area contributed by atoms with E-state index < -0.39 is 0 Å². The van der Waals surface area contributed by atoms with E-state index in [1.54, 1.807) is 0 Å². The summed E-state index contributed by atoms with van der Waals surface area (Å²) in [5, 5.41) is 7.88. The van der Waals surface area contributed by atoms with Crippen molar-refractivity contribution >= 4 is 24.8 Å². The first-order chi connectivity index (χ1) is 7.63. The van der Waals surface area contributed by atoms with Crippen molar-refractivity contribution < 1.29 is 0 Å². The Morgan fingerprint density at radius 2 is 2.00 bits per heavy atom. The molecule has 1 rings (SSSR count). The van der Waals surface area contributed by atoms with Crippen LogP contribution in [0.2, 0.25) is 0 Å². The monoisotopic (exact) mass is 296 g/mol. The third-order valence-corrected chi connectivity index (χ3v) is 2.65. The molecule has 0 aliphatic heterocycles. The fourth-order valence-corrected chi connectivity index (χ4v) is 1.64. The zero-order valence-electron chi connectivity index (χ0n) is 11.8. The number of hydrogen-bond acceptors (Lipinski definition) is 3. The van der Waals surface area contributed by atoms with Gasteiger partial charge in [0.1, 0.15) is 0 Å². The minimum atomic E-state index is 0. The molecule has 0 aromatic carbocycles. The van der Waals surface area contributed by atoms with Crippen LogP contribution in [0.25, 0.3) is 0 Å². The molecule has 6 heteroatoms. The van der Waals surface area contributed by atoms with Gasteiger partial charge in [0.05, 0.1) is 5.69 Å². The second-order valence-electron chi connectivity index (χ2n) is 4.43. The number of aromatic nitrogens is 2. The van der Waals surface area contributed by atoms with E-state index in [0.717, 1.165) is 31.9 Å². The highest BCUT2D eigenvalue weighted by atomic mass is 35.5. The molecule has 0 saturated heterocycles. The predicted molar refractivity (Wildman–Crippen MR) is 82.0 cm³/mol. The highest BCUT2D eigenvalue weighted by molar-refractivity contribution is 5.85. The van der Waals surface area contributed by atoms with Crippen LogP contribution >= 0.6 is 24.8 Å². The Hall–Kier alpha value is -0.290. The topological polar surface area (TPSA) is 33.1 Å². The largest absolute Gasteiger partial charge is 0.312 e. The Bertz CT molecular complexity index is 313. The van der Waals surface area contributed by atoms with Crippen molar-refractivity contribution in [3.8, 4) is 0 Å². The quantitative estimate of drug-likeness (QED) is 0.782. The van der Waals surface area contributed by atoms with E-state index in [1.807, 2.05) is 4.68 Å². The summed E-state index contributed by atoms with van der Waals surface area (Å²) in [5.74, 6) is 0. The third kappa shape index (κ3) is 7.21. The zero-order valence-corrected chi connectivity index (χ0v) is 13.4. The van der Waals surface area contributed by atoms with Gasteiger partial charge < -0.3 is 10.2 Å². The molecule has 1 aromatic rings. The Morgan fingerprint density at radius 1 is 1.33 bits per heavy atom. The van der Waals surface area contributed by atoms with E-state index in [4.69, 9.17) is 0 Å². The maximum Gasteiger partial charge on any atom is 0.0638 e. The number of rotatable bonds is 7. The summed E-state index contributed by atoms with van der Waals surface area (Å²) in [7, 11) is 4.21. The van der Waals surface area contributed by atoms with Crippen LogP contribution in [0.5, 0.6) is 0 Å². The van der Waals surface area contributed by atoms with Gasteiger partial charge in [-0.2, -0.15) is 5.10 Å². The van der Waals surface area contributed by atoms with Crippen LogP contribution in [-0.2, 0) is 13.1 Å². The molecule has 0 aliphatic rings. The SMILES string of the molecule is CCn1cc(CNCCCN(C)C)c(C)n1.Cl.Cl. The molecule has 1 heterocycles. The van der Waals surface area contributed by atoms with E-state index in [9.17, 15) is 0 Å². The van der Waals surface area contributed by atoms with Crippen molar-refractivity contribution in [2.45, 2.75) is 33.4 Å². The van der Waals surface area contributed by atoms with Crippen LogP contribution in [0.4, 0.5) is 0 Å². The molecule has 0 aliphatic carbocycles. The summed E-state index contributed by atoms with van der Waals surface area (Å²) in [6.07, 6.45) is 3.32. The van der Waals surface area contributed by atoms with Gasteiger partial charge in [0.15, 0.2) is 0 Å². The number of aryl methyl sites for hydroxylation is 2. The lowest BCUT2D eigenvalue weighted by molar-refractivity contribution is 0.394. The van der Waals surface area contributed by atoms with Gasteiger partial charge in [0.25, 0.3) is 0 Å². The normalized spacial score (nSPS) is 10.1. The van der Waals surface area contributed by atoms with Crippen molar-refractivity contribution in [2.75, 3.05) is 27.2 Å². The van der Waals surface area contributed by atoms with Crippen LogP contribution in [0.15, 0.2) is 6.20 Å². The van der Waals surface area contributed by atoms with E-state index >= 15 is 0 Å². The van der Waals surface area contributed by atoms with Crippen molar-refractivity contribution in [3.05, 3.63) is 17.5 Å². The second kappa shape index (κ2) is 10.6. The Morgan fingerprint density at radius 3 is 2.50 bits per heavy atom. The molecule has 0 spiro atoms. The fraction of sp³-hybridized carbons (Fsp3) is 0.750. The predicted octanol–water partition coefficient (Wildman–Crippen LogP) is 2.10. The first-order valence-electron chi connectivity index (χ1n) is 6.02.